The van der Waals surface area contributed by atoms with Crippen LogP contribution in [0.3, 0.4) is 0 Å². The van der Waals surface area contributed by atoms with E-state index in [1.165, 1.54) is 11.3 Å². The molecule has 4 aromatic rings. The molecule has 0 fully saturated rings. The number of nitrogens with one attached hydrogen (secondary N) is 1. The second kappa shape index (κ2) is 8.36. The smallest absolute Gasteiger partial charge is 0.272 e. The molecule has 0 aliphatic rings. The molecular formula is C22H21N3O3S. The zero-order valence-corrected chi connectivity index (χ0v) is 17.0. The Kier molecular flexibility index (Phi) is 5.48. The maximum Gasteiger partial charge on any atom is 0.272 e. The van der Waals surface area contributed by atoms with Crippen LogP contribution in [0.2, 0.25) is 0 Å². The van der Waals surface area contributed by atoms with Crippen molar-refractivity contribution in [2.45, 2.75) is 6.42 Å². The molecule has 2 aromatic carbocycles. The van der Waals surface area contributed by atoms with E-state index >= 15 is 0 Å². The topological polar surface area (TPSA) is 64.9 Å². The van der Waals surface area contributed by atoms with Gasteiger partial charge in [0, 0.05) is 23.7 Å². The highest BCUT2D eigenvalue weighted by Gasteiger charge is 2.20. The predicted molar refractivity (Wildman–Crippen MR) is 114 cm³/mol. The molecule has 1 amide bonds. The number of carbonyl (C=O) groups excluding carboxylic acids is 1. The van der Waals surface area contributed by atoms with Crippen LogP contribution in [0.15, 0.2) is 60.1 Å². The van der Waals surface area contributed by atoms with Gasteiger partial charge in [-0.2, -0.15) is 0 Å². The predicted octanol–water partition coefficient (Wildman–Crippen LogP) is 4.05. The summed E-state index contributed by atoms with van der Waals surface area (Å²) in [6.07, 6.45) is 2.66. The molecule has 2 aromatic heterocycles. The standard InChI is InChI=1S/C22H21N3O3S/c1-27-17-7-3-15(4-8-17)11-12-23-21(26)19-20(25-13-14-29-22(25)24-19)16-5-9-18(28-2)10-6-16/h3-10,13-14H,11-12H2,1-2H3,(H,23,26). The van der Waals surface area contributed by atoms with Gasteiger partial charge in [-0.15, -0.1) is 11.3 Å². The Hall–Kier alpha value is -3.32. The van der Waals surface area contributed by atoms with Gasteiger partial charge in [-0.3, -0.25) is 9.20 Å². The quantitative estimate of drug-likeness (QED) is 0.502. The number of aromatic nitrogens is 2. The largest absolute Gasteiger partial charge is 0.497 e. The Bertz CT molecular complexity index is 1110. The third-order valence-electron chi connectivity index (χ3n) is 4.70. The van der Waals surface area contributed by atoms with Crippen molar-refractivity contribution in [2.75, 3.05) is 20.8 Å². The lowest BCUT2D eigenvalue weighted by Crippen LogP contribution is -2.26. The number of methoxy groups -OCH3 is 2. The highest BCUT2D eigenvalue weighted by atomic mass is 32.1. The van der Waals surface area contributed by atoms with E-state index in [1.54, 1.807) is 14.2 Å². The number of thiazole rings is 1. The van der Waals surface area contributed by atoms with Crippen LogP contribution in [0.5, 0.6) is 11.5 Å². The third kappa shape index (κ3) is 3.95. The number of amides is 1. The number of carbonyl (C=O) groups is 1. The van der Waals surface area contributed by atoms with Crippen LogP contribution in [0, 0.1) is 0 Å². The Balaban J connectivity index is 1.53. The van der Waals surface area contributed by atoms with Gasteiger partial charge in [0.1, 0.15) is 11.5 Å². The summed E-state index contributed by atoms with van der Waals surface area (Å²) in [5, 5.41) is 4.95. The van der Waals surface area contributed by atoms with Gasteiger partial charge in [0.15, 0.2) is 10.7 Å². The van der Waals surface area contributed by atoms with Gasteiger partial charge < -0.3 is 14.8 Å². The number of hydrogen-bond donors (Lipinski definition) is 1. The molecule has 0 aliphatic heterocycles. The first-order chi connectivity index (χ1) is 14.2. The van der Waals surface area contributed by atoms with E-state index < -0.39 is 0 Å². The first-order valence-electron chi connectivity index (χ1n) is 9.20. The van der Waals surface area contributed by atoms with Crippen molar-refractivity contribution in [3.63, 3.8) is 0 Å². The van der Waals surface area contributed by atoms with Crippen LogP contribution < -0.4 is 14.8 Å². The van der Waals surface area contributed by atoms with Crippen LogP contribution in [-0.4, -0.2) is 36.1 Å². The monoisotopic (exact) mass is 407 g/mol. The van der Waals surface area contributed by atoms with Crippen molar-refractivity contribution in [1.82, 2.24) is 14.7 Å². The van der Waals surface area contributed by atoms with Gasteiger partial charge in [0.25, 0.3) is 5.91 Å². The van der Waals surface area contributed by atoms with Crippen molar-refractivity contribution in [1.29, 1.82) is 0 Å². The van der Waals surface area contributed by atoms with E-state index in [0.29, 0.717) is 12.2 Å². The normalized spacial score (nSPS) is 10.8. The van der Waals surface area contributed by atoms with Crippen LogP contribution >= 0.6 is 11.3 Å². The lowest BCUT2D eigenvalue weighted by atomic mass is 10.1. The fraction of sp³-hybridized carbons (Fsp3) is 0.182. The minimum absolute atomic E-state index is 0.180. The fourth-order valence-corrected chi connectivity index (χ4v) is 3.88. The molecule has 29 heavy (non-hydrogen) atoms. The zero-order valence-electron chi connectivity index (χ0n) is 16.2. The molecule has 0 saturated carbocycles. The number of hydrogen-bond acceptors (Lipinski definition) is 5. The van der Waals surface area contributed by atoms with Crippen LogP contribution in [0.4, 0.5) is 0 Å². The number of nitrogens with zero attached hydrogens (tertiary/aromatic N) is 2. The molecule has 4 rings (SSSR count). The summed E-state index contributed by atoms with van der Waals surface area (Å²) in [7, 11) is 3.28. The maximum absolute atomic E-state index is 12.9. The van der Waals surface area contributed by atoms with Crippen molar-refractivity contribution in [2.24, 2.45) is 0 Å². The first-order valence-corrected chi connectivity index (χ1v) is 10.1. The first kappa shape index (κ1) is 19.0. The molecule has 0 spiro atoms. The molecule has 0 radical (unpaired) electrons. The molecule has 148 valence electrons. The number of imidazole rings is 1. The van der Waals surface area contributed by atoms with E-state index in [9.17, 15) is 4.79 Å². The van der Waals surface area contributed by atoms with Gasteiger partial charge in [0.2, 0.25) is 0 Å². The second-order valence-electron chi connectivity index (χ2n) is 6.45. The molecule has 6 nitrogen and oxygen atoms in total. The number of fused-ring (bicyclic) bond motifs is 1. The summed E-state index contributed by atoms with van der Waals surface area (Å²) in [6.45, 7) is 0.526. The molecule has 0 aliphatic carbocycles. The highest BCUT2D eigenvalue weighted by Crippen LogP contribution is 2.29. The average Bonchev–Trinajstić information content (AvgIpc) is 3.35. The van der Waals surface area contributed by atoms with Gasteiger partial charge in [0.05, 0.1) is 19.9 Å². The Morgan fingerprint density at radius 3 is 2.34 bits per heavy atom. The molecule has 1 N–H and O–H groups in total. The zero-order chi connectivity index (χ0) is 20.2. The summed E-state index contributed by atoms with van der Waals surface area (Å²) in [4.78, 5) is 18.2. The maximum atomic E-state index is 12.9. The van der Waals surface area contributed by atoms with Crippen molar-refractivity contribution in [3.8, 4) is 22.8 Å². The summed E-state index contributed by atoms with van der Waals surface area (Å²) in [6, 6.07) is 15.5. The van der Waals surface area contributed by atoms with E-state index in [4.69, 9.17) is 9.47 Å². The summed E-state index contributed by atoms with van der Waals surface area (Å²) in [5.74, 6) is 1.41. The molecule has 0 saturated heterocycles. The Labute approximate surface area is 172 Å². The van der Waals surface area contributed by atoms with E-state index in [-0.39, 0.29) is 5.91 Å². The third-order valence-corrected chi connectivity index (χ3v) is 5.46. The van der Waals surface area contributed by atoms with Crippen molar-refractivity contribution < 1.29 is 14.3 Å². The summed E-state index contributed by atoms with van der Waals surface area (Å²) >= 11 is 1.50. The van der Waals surface area contributed by atoms with E-state index in [0.717, 1.165) is 39.7 Å². The molecular weight excluding hydrogens is 386 g/mol. The Morgan fingerprint density at radius 1 is 1.03 bits per heavy atom. The number of ether oxygens (including phenoxy) is 2. The lowest BCUT2D eigenvalue weighted by Gasteiger charge is -2.08. The van der Waals surface area contributed by atoms with Gasteiger partial charge in [-0.1, -0.05) is 12.1 Å². The average molecular weight is 407 g/mol. The molecule has 7 heteroatoms. The van der Waals surface area contributed by atoms with E-state index in [2.05, 4.69) is 10.3 Å². The number of benzene rings is 2. The second-order valence-corrected chi connectivity index (χ2v) is 7.32. The molecule has 2 heterocycles. The highest BCUT2D eigenvalue weighted by molar-refractivity contribution is 7.15. The van der Waals surface area contributed by atoms with E-state index in [1.807, 2.05) is 64.5 Å². The van der Waals surface area contributed by atoms with Crippen molar-refractivity contribution in [3.05, 3.63) is 71.4 Å². The SMILES string of the molecule is COc1ccc(CCNC(=O)c2nc3sccn3c2-c2ccc(OC)cc2)cc1. The summed E-state index contributed by atoms with van der Waals surface area (Å²) in [5.41, 5.74) is 3.26. The van der Waals surface area contributed by atoms with Gasteiger partial charge in [-0.05, 0) is 48.4 Å². The Morgan fingerprint density at radius 2 is 1.69 bits per heavy atom. The van der Waals surface area contributed by atoms with Gasteiger partial charge in [-0.25, -0.2) is 4.98 Å². The summed E-state index contributed by atoms with van der Waals surface area (Å²) < 4.78 is 12.4. The molecule has 0 unspecified atom stereocenters. The van der Waals surface area contributed by atoms with Crippen LogP contribution in [0.25, 0.3) is 16.2 Å². The number of rotatable bonds is 7. The molecule has 0 atom stereocenters. The fourth-order valence-electron chi connectivity index (χ4n) is 3.17. The van der Waals surface area contributed by atoms with Crippen LogP contribution in [0.1, 0.15) is 16.1 Å². The minimum Gasteiger partial charge on any atom is -0.497 e. The van der Waals surface area contributed by atoms with Crippen LogP contribution in [-0.2, 0) is 6.42 Å². The van der Waals surface area contributed by atoms with Gasteiger partial charge >= 0.3 is 0 Å². The van der Waals surface area contributed by atoms with Crippen molar-refractivity contribution >= 4 is 22.2 Å². The molecule has 0 bridgehead atoms. The minimum atomic E-state index is -0.180. The lowest BCUT2D eigenvalue weighted by molar-refractivity contribution is 0.0950.